The highest BCUT2D eigenvalue weighted by molar-refractivity contribution is 7.09. The number of hydroxylamine groups is 2. The fourth-order valence-electron chi connectivity index (χ4n) is 1.06. The smallest absolute Gasteiger partial charge is 0.263 e. The first kappa shape index (κ1) is 11.2. The largest absolute Gasteiger partial charge is 0.320 e. The van der Waals surface area contributed by atoms with Gasteiger partial charge in [0.1, 0.15) is 0 Å². The molecule has 5 heteroatoms. The average molecular weight is 214 g/mol. The van der Waals surface area contributed by atoms with Crippen LogP contribution < -0.4 is 5.73 Å². The van der Waals surface area contributed by atoms with Crippen molar-refractivity contribution in [3.05, 3.63) is 22.4 Å². The van der Waals surface area contributed by atoms with Crippen molar-refractivity contribution < 1.29 is 9.63 Å². The Balaban J connectivity index is 2.50. The van der Waals surface area contributed by atoms with E-state index in [1.54, 1.807) is 18.4 Å². The normalized spacial score (nSPS) is 12.5. The van der Waals surface area contributed by atoms with Crippen LogP contribution in [0.3, 0.4) is 0 Å². The van der Waals surface area contributed by atoms with E-state index in [0.29, 0.717) is 6.42 Å². The number of nitrogens with zero attached hydrogens (tertiary/aromatic N) is 1. The Morgan fingerprint density at radius 3 is 3.00 bits per heavy atom. The first-order valence-electron chi connectivity index (χ1n) is 4.24. The molecule has 1 amide bonds. The van der Waals surface area contributed by atoms with Gasteiger partial charge in [0.15, 0.2) is 0 Å². The molecule has 0 bridgehead atoms. The van der Waals surface area contributed by atoms with Crippen LogP contribution in [0.4, 0.5) is 0 Å². The summed E-state index contributed by atoms with van der Waals surface area (Å²) in [7, 11) is 2.99. The molecule has 0 aliphatic rings. The number of rotatable bonds is 4. The van der Waals surface area contributed by atoms with E-state index in [4.69, 9.17) is 10.6 Å². The molecule has 14 heavy (non-hydrogen) atoms. The van der Waals surface area contributed by atoms with E-state index in [1.165, 1.54) is 7.11 Å². The fraction of sp³-hybridized carbons (Fsp3) is 0.444. The Hall–Kier alpha value is -0.910. The predicted octanol–water partition coefficient (Wildman–Crippen LogP) is 0.638. The van der Waals surface area contributed by atoms with Gasteiger partial charge in [0.25, 0.3) is 5.91 Å². The molecule has 4 nitrogen and oxygen atoms in total. The summed E-state index contributed by atoms with van der Waals surface area (Å²) >= 11 is 1.60. The quantitative estimate of drug-likeness (QED) is 0.748. The van der Waals surface area contributed by atoms with Crippen LogP contribution in [-0.4, -0.2) is 31.2 Å². The zero-order valence-electron chi connectivity index (χ0n) is 8.27. The van der Waals surface area contributed by atoms with E-state index < -0.39 is 6.04 Å². The SMILES string of the molecule is CON(C)C(=O)[C@@H](N)Cc1cccs1. The van der Waals surface area contributed by atoms with Gasteiger partial charge in [-0.05, 0) is 11.4 Å². The number of carbonyl (C=O) groups excluding carboxylic acids is 1. The van der Waals surface area contributed by atoms with E-state index in [1.807, 2.05) is 17.5 Å². The van der Waals surface area contributed by atoms with Crippen LogP contribution in [0.25, 0.3) is 0 Å². The maximum absolute atomic E-state index is 11.5. The van der Waals surface area contributed by atoms with Gasteiger partial charge in [-0.1, -0.05) is 6.07 Å². The number of hydrogen-bond acceptors (Lipinski definition) is 4. The van der Waals surface area contributed by atoms with Crippen molar-refractivity contribution in [1.29, 1.82) is 0 Å². The molecule has 1 heterocycles. The van der Waals surface area contributed by atoms with Gasteiger partial charge >= 0.3 is 0 Å². The lowest BCUT2D eigenvalue weighted by Gasteiger charge is -2.17. The number of carbonyl (C=O) groups is 1. The highest BCUT2D eigenvalue weighted by Gasteiger charge is 2.18. The molecule has 1 atom stereocenters. The van der Waals surface area contributed by atoms with Gasteiger partial charge in [-0.2, -0.15) is 0 Å². The minimum atomic E-state index is -0.529. The summed E-state index contributed by atoms with van der Waals surface area (Å²) in [5, 5.41) is 3.12. The third-order valence-electron chi connectivity index (χ3n) is 1.90. The standard InChI is InChI=1S/C9H14N2O2S/c1-11(13-2)9(12)8(10)6-7-4-3-5-14-7/h3-5,8H,6,10H2,1-2H3/t8-/m0/s1. The lowest BCUT2D eigenvalue weighted by Crippen LogP contribution is -2.42. The second kappa shape index (κ2) is 5.09. The van der Waals surface area contributed by atoms with E-state index in [0.717, 1.165) is 9.94 Å². The zero-order chi connectivity index (χ0) is 10.6. The monoisotopic (exact) mass is 214 g/mol. The number of nitrogens with two attached hydrogens (primary N) is 1. The van der Waals surface area contributed by atoms with E-state index >= 15 is 0 Å². The molecule has 0 aromatic carbocycles. The summed E-state index contributed by atoms with van der Waals surface area (Å²) < 4.78 is 0. The van der Waals surface area contributed by atoms with Gasteiger partial charge in [0.2, 0.25) is 0 Å². The van der Waals surface area contributed by atoms with Crippen molar-refractivity contribution in [2.75, 3.05) is 14.2 Å². The molecule has 1 rings (SSSR count). The highest BCUT2D eigenvalue weighted by Crippen LogP contribution is 2.11. The van der Waals surface area contributed by atoms with Crippen LogP contribution in [0.2, 0.25) is 0 Å². The van der Waals surface area contributed by atoms with Crippen molar-refractivity contribution in [2.45, 2.75) is 12.5 Å². The third-order valence-corrected chi connectivity index (χ3v) is 2.80. The fourth-order valence-corrected chi connectivity index (χ4v) is 1.82. The summed E-state index contributed by atoms with van der Waals surface area (Å²) in [4.78, 5) is 17.3. The minimum Gasteiger partial charge on any atom is -0.320 e. The van der Waals surface area contributed by atoms with Crippen LogP contribution in [0.1, 0.15) is 4.88 Å². The molecule has 1 aromatic heterocycles. The number of hydrogen-bond donors (Lipinski definition) is 1. The minimum absolute atomic E-state index is 0.208. The molecule has 0 spiro atoms. The lowest BCUT2D eigenvalue weighted by molar-refractivity contribution is -0.170. The number of likely N-dealkylation sites (N-methyl/N-ethyl adjacent to an activating group) is 1. The Labute approximate surface area is 87.2 Å². The second-order valence-electron chi connectivity index (χ2n) is 2.91. The molecule has 0 aliphatic carbocycles. The maximum atomic E-state index is 11.5. The zero-order valence-corrected chi connectivity index (χ0v) is 9.08. The molecule has 0 unspecified atom stereocenters. The van der Waals surface area contributed by atoms with Crippen molar-refractivity contribution in [3.63, 3.8) is 0 Å². The van der Waals surface area contributed by atoms with Gasteiger partial charge in [0.05, 0.1) is 13.2 Å². The third kappa shape index (κ3) is 2.80. The summed E-state index contributed by atoms with van der Waals surface area (Å²) in [6.07, 6.45) is 0.560. The van der Waals surface area contributed by atoms with E-state index in [-0.39, 0.29) is 5.91 Å². The molecule has 0 radical (unpaired) electrons. The van der Waals surface area contributed by atoms with E-state index in [9.17, 15) is 4.79 Å². The topological polar surface area (TPSA) is 55.6 Å². The van der Waals surface area contributed by atoms with Crippen molar-refractivity contribution in [2.24, 2.45) is 5.73 Å². The maximum Gasteiger partial charge on any atom is 0.263 e. The Morgan fingerprint density at radius 1 is 1.79 bits per heavy atom. The number of amides is 1. The predicted molar refractivity (Wildman–Crippen MR) is 55.8 cm³/mol. The van der Waals surface area contributed by atoms with Crippen molar-refractivity contribution in [1.82, 2.24) is 5.06 Å². The molecule has 0 saturated carbocycles. The summed E-state index contributed by atoms with van der Waals surface area (Å²) in [5.74, 6) is -0.208. The van der Waals surface area contributed by atoms with E-state index in [2.05, 4.69) is 0 Å². The van der Waals surface area contributed by atoms with Crippen LogP contribution in [0.5, 0.6) is 0 Å². The summed E-state index contributed by atoms with van der Waals surface area (Å²) in [5.41, 5.74) is 5.72. The molecule has 0 saturated heterocycles. The van der Waals surface area contributed by atoms with Crippen molar-refractivity contribution in [3.8, 4) is 0 Å². The Bertz CT molecular complexity index is 287. The summed E-state index contributed by atoms with van der Waals surface area (Å²) in [6.45, 7) is 0. The first-order chi connectivity index (χ1) is 6.65. The molecule has 0 fully saturated rings. The second-order valence-corrected chi connectivity index (χ2v) is 3.94. The lowest BCUT2D eigenvalue weighted by atomic mass is 10.2. The van der Waals surface area contributed by atoms with Gasteiger partial charge in [-0.15, -0.1) is 11.3 Å². The van der Waals surface area contributed by atoms with Crippen LogP contribution in [0, 0.1) is 0 Å². The van der Waals surface area contributed by atoms with Crippen LogP contribution in [0.15, 0.2) is 17.5 Å². The molecule has 1 aromatic rings. The van der Waals surface area contributed by atoms with Gasteiger partial charge < -0.3 is 5.73 Å². The van der Waals surface area contributed by atoms with Crippen molar-refractivity contribution >= 4 is 17.2 Å². The molecular weight excluding hydrogens is 200 g/mol. The van der Waals surface area contributed by atoms with Gasteiger partial charge in [-0.3, -0.25) is 9.63 Å². The molecular formula is C9H14N2O2S. The van der Waals surface area contributed by atoms with Crippen LogP contribution >= 0.6 is 11.3 Å². The number of thiophene rings is 1. The Morgan fingerprint density at radius 2 is 2.50 bits per heavy atom. The van der Waals surface area contributed by atoms with Gasteiger partial charge in [0, 0.05) is 18.3 Å². The highest BCUT2D eigenvalue weighted by atomic mass is 32.1. The Kier molecular flexibility index (Phi) is 4.06. The van der Waals surface area contributed by atoms with Gasteiger partial charge in [-0.25, -0.2) is 5.06 Å². The summed E-state index contributed by atoms with van der Waals surface area (Å²) in [6, 6.07) is 3.38. The molecule has 78 valence electrons. The van der Waals surface area contributed by atoms with Crippen LogP contribution in [-0.2, 0) is 16.1 Å². The molecule has 0 aliphatic heterocycles. The molecule has 2 N–H and O–H groups in total. The average Bonchev–Trinajstić information content (AvgIpc) is 2.68. The first-order valence-corrected chi connectivity index (χ1v) is 5.12.